The number of ether oxygens (including phenoxy) is 1. The van der Waals surface area contributed by atoms with Gasteiger partial charge in [-0.25, -0.2) is 10.2 Å². The van der Waals surface area contributed by atoms with Gasteiger partial charge in [-0.1, -0.05) is 41.4 Å². The fourth-order valence-electron chi connectivity index (χ4n) is 1.94. The van der Waals surface area contributed by atoms with Crippen LogP contribution >= 0.6 is 23.2 Å². The zero-order valence-corrected chi connectivity index (χ0v) is 14.9. The average Bonchev–Trinajstić information content (AvgIpc) is 2.58. The molecule has 2 rings (SSSR count). The maximum Gasteiger partial charge on any atom is 0.333 e. The van der Waals surface area contributed by atoms with Crippen molar-refractivity contribution in [2.75, 3.05) is 6.54 Å². The number of carbonyl (C=O) groups is 2. The van der Waals surface area contributed by atoms with Crippen molar-refractivity contribution in [3.05, 3.63) is 58.1 Å². The first-order valence-electron chi connectivity index (χ1n) is 7.53. The molecule has 2 aromatic carbocycles. The third-order valence-electron chi connectivity index (χ3n) is 3.07. The van der Waals surface area contributed by atoms with Crippen LogP contribution in [-0.4, -0.2) is 18.5 Å². The van der Waals surface area contributed by atoms with Crippen LogP contribution in [0.5, 0.6) is 11.5 Å². The van der Waals surface area contributed by atoms with Gasteiger partial charge < -0.3 is 10.1 Å². The van der Waals surface area contributed by atoms with Gasteiger partial charge in [0.25, 0.3) is 0 Å². The number of rotatable bonds is 5. The number of benzene rings is 2. The smallest absolute Gasteiger partial charge is 0.333 e. The maximum absolute atomic E-state index is 11.9. The molecule has 0 heterocycles. The molecular formula is C17H17Cl2N3O3. The number of para-hydroxylation sites is 1. The van der Waals surface area contributed by atoms with Gasteiger partial charge in [-0.3, -0.25) is 10.2 Å². The predicted molar refractivity (Wildman–Crippen MR) is 97.0 cm³/mol. The lowest BCUT2D eigenvalue weighted by Crippen LogP contribution is -2.47. The highest BCUT2D eigenvalue weighted by atomic mass is 35.5. The molecular weight excluding hydrogens is 365 g/mol. The van der Waals surface area contributed by atoms with Crippen LogP contribution < -0.4 is 20.9 Å². The van der Waals surface area contributed by atoms with Gasteiger partial charge >= 0.3 is 6.03 Å². The molecule has 0 aliphatic rings. The van der Waals surface area contributed by atoms with E-state index < -0.39 is 6.03 Å². The molecule has 6 nitrogen and oxygen atoms in total. The van der Waals surface area contributed by atoms with Crippen molar-refractivity contribution in [2.45, 2.75) is 13.3 Å². The molecule has 0 aliphatic carbocycles. The molecule has 132 valence electrons. The molecule has 0 aromatic heterocycles. The van der Waals surface area contributed by atoms with Gasteiger partial charge in [-0.15, -0.1) is 0 Å². The molecule has 2 aromatic rings. The van der Waals surface area contributed by atoms with Crippen LogP contribution in [0.4, 0.5) is 4.79 Å². The molecule has 0 aliphatic heterocycles. The third-order valence-corrected chi connectivity index (χ3v) is 3.69. The van der Waals surface area contributed by atoms with Crippen LogP contribution in [0.2, 0.25) is 10.0 Å². The Hall–Kier alpha value is -2.44. The summed E-state index contributed by atoms with van der Waals surface area (Å²) >= 11 is 12.2. The number of halogens is 2. The van der Waals surface area contributed by atoms with Crippen LogP contribution in [-0.2, 0) is 11.2 Å². The van der Waals surface area contributed by atoms with E-state index in [9.17, 15) is 9.59 Å². The summed E-state index contributed by atoms with van der Waals surface area (Å²) in [5.41, 5.74) is 5.23. The van der Waals surface area contributed by atoms with E-state index in [0.29, 0.717) is 33.7 Å². The molecule has 0 bridgehead atoms. The van der Waals surface area contributed by atoms with Crippen molar-refractivity contribution < 1.29 is 14.3 Å². The SMILES string of the molecule is CCNC(=O)NNC(=O)Cc1ccc(Cl)c(Oc2ccccc2Cl)c1. The standard InChI is InChI=1S/C17H17Cl2N3O3/c1-2-20-17(24)22-21-16(23)10-11-7-8-13(19)15(9-11)25-14-6-4-3-5-12(14)18/h3-9H,2,10H2,1H3,(H,21,23)(H2,20,22,24). The maximum atomic E-state index is 11.9. The lowest BCUT2D eigenvalue weighted by atomic mass is 10.1. The zero-order chi connectivity index (χ0) is 18.2. The minimum absolute atomic E-state index is 0.0441. The number of nitrogens with one attached hydrogen (secondary N) is 3. The van der Waals surface area contributed by atoms with Crippen molar-refractivity contribution in [2.24, 2.45) is 0 Å². The summed E-state index contributed by atoms with van der Waals surface area (Å²) in [5, 5.41) is 3.34. The van der Waals surface area contributed by atoms with Gasteiger partial charge in [-0.05, 0) is 36.8 Å². The first-order chi connectivity index (χ1) is 12.0. The Morgan fingerprint density at radius 2 is 1.72 bits per heavy atom. The Morgan fingerprint density at radius 1 is 1.00 bits per heavy atom. The number of hydrogen-bond acceptors (Lipinski definition) is 3. The van der Waals surface area contributed by atoms with Crippen LogP contribution in [0.15, 0.2) is 42.5 Å². The van der Waals surface area contributed by atoms with E-state index in [1.165, 1.54) is 0 Å². The Morgan fingerprint density at radius 3 is 2.44 bits per heavy atom. The lowest BCUT2D eigenvalue weighted by Gasteiger charge is -2.11. The van der Waals surface area contributed by atoms with E-state index >= 15 is 0 Å². The summed E-state index contributed by atoms with van der Waals surface area (Å²) in [5.74, 6) is 0.472. The molecule has 0 radical (unpaired) electrons. The normalized spacial score (nSPS) is 10.0. The highest BCUT2D eigenvalue weighted by molar-refractivity contribution is 6.32. The second-order valence-electron chi connectivity index (χ2n) is 5.01. The Balaban J connectivity index is 2.02. The van der Waals surface area contributed by atoms with Gasteiger partial charge in [0.15, 0.2) is 0 Å². The van der Waals surface area contributed by atoms with Crippen LogP contribution in [0.1, 0.15) is 12.5 Å². The second kappa shape index (κ2) is 9.15. The summed E-state index contributed by atoms with van der Waals surface area (Å²) in [4.78, 5) is 23.1. The molecule has 0 fully saturated rings. The van der Waals surface area contributed by atoms with Crippen molar-refractivity contribution in [1.82, 2.24) is 16.2 Å². The Bertz CT molecular complexity index is 769. The lowest BCUT2D eigenvalue weighted by molar-refractivity contribution is -0.121. The van der Waals surface area contributed by atoms with E-state index in [1.807, 2.05) is 0 Å². The van der Waals surface area contributed by atoms with Crippen LogP contribution in [0.3, 0.4) is 0 Å². The van der Waals surface area contributed by atoms with E-state index in [4.69, 9.17) is 27.9 Å². The Kier molecular flexibility index (Phi) is 6.91. The molecule has 25 heavy (non-hydrogen) atoms. The van der Waals surface area contributed by atoms with Crippen molar-refractivity contribution in [3.63, 3.8) is 0 Å². The van der Waals surface area contributed by atoms with Crippen LogP contribution in [0, 0.1) is 0 Å². The van der Waals surface area contributed by atoms with Gasteiger partial charge in [0.1, 0.15) is 11.5 Å². The summed E-state index contributed by atoms with van der Waals surface area (Å²) in [6.45, 7) is 2.23. The fourth-order valence-corrected chi connectivity index (χ4v) is 2.27. The summed E-state index contributed by atoms with van der Waals surface area (Å²) in [6.07, 6.45) is 0.0441. The quantitative estimate of drug-likeness (QED) is 0.691. The van der Waals surface area contributed by atoms with E-state index in [1.54, 1.807) is 49.4 Å². The Labute approximate surface area is 155 Å². The molecule has 0 unspecified atom stereocenters. The van der Waals surface area contributed by atoms with Crippen molar-refractivity contribution >= 4 is 35.1 Å². The zero-order valence-electron chi connectivity index (χ0n) is 13.4. The topological polar surface area (TPSA) is 79.5 Å². The molecule has 0 saturated carbocycles. The van der Waals surface area contributed by atoms with E-state index in [0.717, 1.165) is 0 Å². The van der Waals surface area contributed by atoms with Gasteiger partial charge in [0.05, 0.1) is 16.5 Å². The highest BCUT2D eigenvalue weighted by Crippen LogP contribution is 2.33. The van der Waals surface area contributed by atoms with Gasteiger partial charge in [-0.2, -0.15) is 0 Å². The minimum Gasteiger partial charge on any atom is -0.454 e. The summed E-state index contributed by atoms with van der Waals surface area (Å²) < 4.78 is 5.72. The monoisotopic (exact) mass is 381 g/mol. The van der Waals surface area contributed by atoms with Crippen molar-refractivity contribution in [1.29, 1.82) is 0 Å². The minimum atomic E-state index is -0.477. The van der Waals surface area contributed by atoms with Gasteiger partial charge in [0.2, 0.25) is 5.91 Å². The van der Waals surface area contributed by atoms with E-state index in [2.05, 4.69) is 16.2 Å². The summed E-state index contributed by atoms with van der Waals surface area (Å²) in [7, 11) is 0. The molecule has 0 saturated heterocycles. The number of hydrogen-bond donors (Lipinski definition) is 3. The number of amides is 3. The average molecular weight is 382 g/mol. The van der Waals surface area contributed by atoms with Gasteiger partial charge in [0, 0.05) is 6.54 Å². The molecule has 0 atom stereocenters. The third kappa shape index (κ3) is 5.85. The molecule has 8 heteroatoms. The van der Waals surface area contributed by atoms with E-state index in [-0.39, 0.29) is 12.3 Å². The number of carbonyl (C=O) groups excluding carboxylic acids is 2. The van der Waals surface area contributed by atoms with Crippen LogP contribution in [0.25, 0.3) is 0 Å². The number of hydrazine groups is 1. The molecule has 3 N–H and O–H groups in total. The predicted octanol–water partition coefficient (Wildman–Crippen LogP) is 3.68. The molecule has 3 amide bonds. The first kappa shape index (κ1) is 18.9. The largest absolute Gasteiger partial charge is 0.454 e. The summed E-state index contributed by atoms with van der Waals surface area (Å²) in [6, 6.07) is 11.5. The fraction of sp³-hybridized carbons (Fsp3) is 0.176. The highest BCUT2D eigenvalue weighted by Gasteiger charge is 2.10. The van der Waals surface area contributed by atoms with Crippen molar-refractivity contribution in [3.8, 4) is 11.5 Å². The second-order valence-corrected chi connectivity index (χ2v) is 5.82. The first-order valence-corrected chi connectivity index (χ1v) is 8.28. The number of urea groups is 1. The molecule has 0 spiro atoms.